The number of aryl methyl sites for hydroxylation is 1. The summed E-state index contributed by atoms with van der Waals surface area (Å²) in [5.74, 6) is -0.338. The van der Waals surface area contributed by atoms with E-state index in [-0.39, 0.29) is 42.6 Å². The van der Waals surface area contributed by atoms with E-state index in [0.29, 0.717) is 25.1 Å². The summed E-state index contributed by atoms with van der Waals surface area (Å²) < 4.78 is 13.3. The molecule has 1 aliphatic carbocycles. The quantitative estimate of drug-likeness (QED) is 0.862. The van der Waals surface area contributed by atoms with Crippen LogP contribution < -0.4 is 10.2 Å². The van der Waals surface area contributed by atoms with Crippen molar-refractivity contribution in [1.82, 2.24) is 5.32 Å². The second kappa shape index (κ2) is 7.30. The van der Waals surface area contributed by atoms with Crippen LogP contribution in [0.5, 0.6) is 0 Å². The van der Waals surface area contributed by atoms with Gasteiger partial charge in [0.1, 0.15) is 5.82 Å². The molecule has 1 fully saturated rings. The summed E-state index contributed by atoms with van der Waals surface area (Å²) in [4.78, 5) is 25.7. The van der Waals surface area contributed by atoms with Crippen molar-refractivity contribution in [1.29, 1.82) is 0 Å². The average molecular weight is 334 g/mol. The van der Waals surface area contributed by atoms with Gasteiger partial charge in [0.15, 0.2) is 0 Å². The third-order valence-corrected chi connectivity index (χ3v) is 4.98. The van der Waals surface area contributed by atoms with Crippen LogP contribution in [0, 0.1) is 11.7 Å². The highest BCUT2D eigenvalue weighted by molar-refractivity contribution is 5.97. The van der Waals surface area contributed by atoms with E-state index in [1.807, 2.05) is 0 Å². The van der Waals surface area contributed by atoms with Crippen molar-refractivity contribution < 1.29 is 19.1 Å². The smallest absolute Gasteiger partial charge is 0.227 e. The highest BCUT2D eigenvalue weighted by Gasteiger charge is 2.27. The molecule has 2 aliphatic rings. The fourth-order valence-corrected chi connectivity index (χ4v) is 3.58. The van der Waals surface area contributed by atoms with Crippen molar-refractivity contribution in [2.45, 2.75) is 44.6 Å². The van der Waals surface area contributed by atoms with Crippen LogP contribution in [0.4, 0.5) is 10.1 Å². The van der Waals surface area contributed by atoms with Gasteiger partial charge in [0, 0.05) is 37.5 Å². The van der Waals surface area contributed by atoms with E-state index in [4.69, 9.17) is 0 Å². The third-order valence-electron chi connectivity index (χ3n) is 4.98. The summed E-state index contributed by atoms with van der Waals surface area (Å²) in [6.45, 7) is 0.770. The molecule has 24 heavy (non-hydrogen) atoms. The van der Waals surface area contributed by atoms with Gasteiger partial charge in [-0.3, -0.25) is 9.59 Å². The van der Waals surface area contributed by atoms with Crippen molar-refractivity contribution in [3.05, 3.63) is 29.6 Å². The topological polar surface area (TPSA) is 69.6 Å². The molecule has 0 bridgehead atoms. The van der Waals surface area contributed by atoms with Crippen LogP contribution in [0.3, 0.4) is 0 Å². The molecular formula is C18H23FN2O3. The van der Waals surface area contributed by atoms with Crippen LogP contribution in [0.1, 0.15) is 37.7 Å². The number of carbonyl (C=O) groups excluding carboxylic acids is 2. The lowest BCUT2D eigenvalue weighted by atomic mass is 10.0. The maximum absolute atomic E-state index is 13.3. The standard InChI is InChI=1S/C18H23FN2O3/c19-14-5-6-15-12(10-14)4-7-18(24)21(15)9-8-17(23)20-11-13-2-1-3-16(13)22/h5-6,10,13,16,22H,1-4,7-9,11H2,(H,20,23). The first-order valence-electron chi connectivity index (χ1n) is 8.58. The minimum Gasteiger partial charge on any atom is -0.393 e. The van der Waals surface area contributed by atoms with E-state index >= 15 is 0 Å². The van der Waals surface area contributed by atoms with Gasteiger partial charge in [0.25, 0.3) is 0 Å². The molecule has 2 amide bonds. The van der Waals surface area contributed by atoms with Gasteiger partial charge in [0.05, 0.1) is 6.10 Å². The molecule has 130 valence electrons. The second-order valence-corrected chi connectivity index (χ2v) is 6.63. The summed E-state index contributed by atoms with van der Waals surface area (Å²) in [5, 5.41) is 12.6. The van der Waals surface area contributed by atoms with Gasteiger partial charge in [-0.1, -0.05) is 6.42 Å². The molecule has 6 heteroatoms. The zero-order chi connectivity index (χ0) is 17.1. The first kappa shape index (κ1) is 16.9. The maximum Gasteiger partial charge on any atom is 0.227 e. The molecule has 5 nitrogen and oxygen atoms in total. The van der Waals surface area contributed by atoms with Gasteiger partial charge in [0.2, 0.25) is 11.8 Å². The Bertz CT molecular complexity index is 635. The zero-order valence-electron chi connectivity index (χ0n) is 13.6. The van der Waals surface area contributed by atoms with E-state index in [0.717, 1.165) is 24.8 Å². The van der Waals surface area contributed by atoms with E-state index < -0.39 is 0 Å². The highest BCUT2D eigenvalue weighted by atomic mass is 19.1. The number of carbonyl (C=O) groups is 2. The number of anilines is 1. The summed E-state index contributed by atoms with van der Waals surface area (Å²) >= 11 is 0. The Morgan fingerprint density at radius 1 is 1.33 bits per heavy atom. The van der Waals surface area contributed by atoms with Gasteiger partial charge >= 0.3 is 0 Å². The summed E-state index contributed by atoms with van der Waals surface area (Å²) in [7, 11) is 0. The number of hydrogen-bond acceptors (Lipinski definition) is 3. The molecule has 2 unspecified atom stereocenters. The van der Waals surface area contributed by atoms with Gasteiger partial charge in [-0.15, -0.1) is 0 Å². The zero-order valence-corrected chi connectivity index (χ0v) is 13.6. The van der Waals surface area contributed by atoms with E-state index in [1.165, 1.54) is 12.1 Å². The van der Waals surface area contributed by atoms with Gasteiger partial charge in [-0.2, -0.15) is 0 Å². The maximum atomic E-state index is 13.3. The van der Waals surface area contributed by atoms with Crippen LogP contribution in [0.25, 0.3) is 0 Å². The molecule has 2 N–H and O–H groups in total. The minimum atomic E-state index is -0.323. The number of fused-ring (bicyclic) bond motifs is 1. The lowest BCUT2D eigenvalue weighted by Gasteiger charge is -2.29. The molecule has 3 rings (SSSR count). The number of aliphatic hydroxyl groups is 1. The van der Waals surface area contributed by atoms with Crippen LogP contribution in [-0.4, -0.2) is 36.1 Å². The van der Waals surface area contributed by atoms with Crippen LogP contribution in [0.15, 0.2) is 18.2 Å². The van der Waals surface area contributed by atoms with Crippen molar-refractivity contribution in [3.8, 4) is 0 Å². The Morgan fingerprint density at radius 2 is 2.17 bits per heavy atom. The predicted molar refractivity (Wildman–Crippen MR) is 88.0 cm³/mol. The lowest BCUT2D eigenvalue weighted by Crippen LogP contribution is -2.39. The molecule has 1 heterocycles. The first-order valence-corrected chi connectivity index (χ1v) is 8.58. The fourth-order valence-electron chi connectivity index (χ4n) is 3.58. The monoisotopic (exact) mass is 334 g/mol. The predicted octanol–water partition coefficient (Wildman–Crippen LogP) is 1.77. The van der Waals surface area contributed by atoms with Crippen LogP contribution in [-0.2, 0) is 16.0 Å². The Morgan fingerprint density at radius 3 is 2.92 bits per heavy atom. The highest BCUT2D eigenvalue weighted by Crippen LogP contribution is 2.28. The molecule has 1 aromatic rings. The minimum absolute atomic E-state index is 0.0341. The molecule has 1 aromatic carbocycles. The molecular weight excluding hydrogens is 311 g/mol. The summed E-state index contributed by atoms with van der Waals surface area (Å²) in [5.41, 5.74) is 1.51. The van der Waals surface area contributed by atoms with Crippen LogP contribution >= 0.6 is 0 Å². The average Bonchev–Trinajstić information content (AvgIpc) is 2.97. The number of rotatable bonds is 5. The Kier molecular flexibility index (Phi) is 5.14. The van der Waals surface area contributed by atoms with E-state index in [2.05, 4.69) is 5.32 Å². The second-order valence-electron chi connectivity index (χ2n) is 6.63. The van der Waals surface area contributed by atoms with Crippen molar-refractivity contribution in [2.75, 3.05) is 18.0 Å². The molecule has 1 saturated carbocycles. The molecule has 1 aliphatic heterocycles. The van der Waals surface area contributed by atoms with Gasteiger partial charge < -0.3 is 15.3 Å². The van der Waals surface area contributed by atoms with Crippen LogP contribution in [0.2, 0.25) is 0 Å². The lowest BCUT2D eigenvalue weighted by molar-refractivity contribution is -0.121. The van der Waals surface area contributed by atoms with Crippen molar-refractivity contribution in [3.63, 3.8) is 0 Å². The van der Waals surface area contributed by atoms with Gasteiger partial charge in [-0.25, -0.2) is 4.39 Å². The number of amides is 2. The summed E-state index contributed by atoms with van der Waals surface area (Å²) in [6.07, 6.45) is 3.49. The van der Waals surface area contributed by atoms with Crippen molar-refractivity contribution >= 4 is 17.5 Å². The Labute approximate surface area is 140 Å². The molecule has 0 aromatic heterocycles. The number of aliphatic hydroxyl groups excluding tert-OH is 1. The number of hydrogen-bond donors (Lipinski definition) is 2. The van der Waals surface area contributed by atoms with E-state index in [1.54, 1.807) is 11.0 Å². The fraction of sp³-hybridized carbons (Fsp3) is 0.556. The normalized spacial score (nSPS) is 23.2. The number of halogens is 1. The first-order chi connectivity index (χ1) is 11.5. The number of benzene rings is 1. The van der Waals surface area contributed by atoms with Crippen molar-refractivity contribution in [2.24, 2.45) is 5.92 Å². The molecule has 2 atom stereocenters. The van der Waals surface area contributed by atoms with E-state index in [9.17, 15) is 19.1 Å². The largest absolute Gasteiger partial charge is 0.393 e. The Balaban J connectivity index is 1.54. The molecule has 0 saturated heterocycles. The van der Waals surface area contributed by atoms with Gasteiger partial charge in [-0.05, 0) is 43.0 Å². The Hall–Kier alpha value is -1.95. The third kappa shape index (κ3) is 3.75. The molecule has 0 radical (unpaired) electrons. The molecule has 0 spiro atoms. The number of nitrogens with zero attached hydrogens (tertiary/aromatic N) is 1. The summed E-state index contributed by atoms with van der Waals surface area (Å²) in [6, 6.07) is 4.40. The number of nitrogens with one attached hydrogen (secondary N) is 1. The SMILES string of the molecule is O=C(CCN1C(=O)CCc2cc(F)ccc21)NCC1CCCC1O.